The number of likely N-dealkylation sites (N-methyl/N-ethyl adjacent to an activating group) is 1. The number of anilines is 1. The van der Waals surface area contributed by atoms with Gasteiger partial charge >= 0.3 is 0 Å². The van der Waals surface area contributed by atoms with Gasteiger partial charge in [-0.2, -0.15) is 0 Å². The summed E-state index contributed by atoms with van der Waals surface area (Å²) in [5.74, 6) is -0.306. The molecule has 0 aromatic heterocycles. The molecule has 0 saturated carbocycles. The largest absolute Gasteiger partial charge is 0.494 e. The molecular formula is C18H21ClFN2O2+. The van der Waals surface area contributed by atoms with Crippen LogP contribution in [0.2, 0.25) is 5.02 Å². The molecule has 0 fully saturated rings. The van der Waals surface area contributed by atoms with Crippen molar-refractivity contribution in [3.63, 3.8) is 0 Å². The van der Waals surface area contributed by atoms with Crippen LogP contribution in [0.3, 0.4) is 0 Å². The molecule has 128 valence electrons. The van der Waals surface area contributed by atoms with Crippen molar-refractivity contribution < 1.29 is 18.8 Å². The number of hydrogen-bond donors (Lipinski definition) is 2. The molecule has 2 aromatic rings. The van der Waals surface area contributed by atoms with E-state index < -0.39 is 5.82 Å². The second kappa shape index (κ2) is 8.13. The maximum Gasteiger partial charge on any atom is 0.279 e. The number of aryl methyl sites for hydroxylation is 1. The van der Waals surface area contributed by atoms with E-state index in [1.54, 1.807) is 24.3 Å². The molecule has 2 aromatic carbocycles. The Morgan fingerprint density at radius 3 is 2.71 bits per heavy atom. The summed E-state index contributed by atoms with van der Waals surface area (Å²) < 4.78 is 18.6. The monoisotopic (exact) mass is 351 g/mol. The third-order valence-electron chi connectivity index (χ3n) is 3.66. The fraction of sp³-hybridized carbons (Fsp3) is 0.278. The lowest BCUT2D eigenvalue weighted by Gasteiger charge is -2.15. The molecule has 4 nitrogen and oxygen atoms in total. The number of amides is 1. The summed E-state index contributed by atoms with van der Waals surface area (Å²) in [6.07, 6.45) is 0. The third-order valence-corrected chi connectivity index (χ3v) is 3.89. The Balaban J connectivity index is 1.94. The van der Waals surface area contributed by atoms with Crippen LogP contribution in [0, 0.1) is 12.7 Å². The minimum atomic E-state index is -0.401. The molecule has 0 spiro atoms. The van der Waals surface area contributed by atoms with Crippen LogP contribution >= 0.6 is 11.6 Å². The highest BCUT2D eigenvalue weighted by atomic mass is 35.5. The van der Waals surface area contributed by atoms with Crippen molar-refractivity contribution in [3.8, 4) is 5.75 Å². The van der Waals surface area contributed by atoms with E-state index in [1.807, 2.05) is 20.0 Å². The number of methoxy groups -OCH3 is 1. The lowest BCUT2D eigenvalue weighted by atomic mass is 10.2. The zero-order valence-electron chi connectivity index (χ0n) is 14.0. The van der Waals surface area contributed by atoms with Crippen LogP contribution in [0.15, 0.2) is 36.4 Å². The van der Waals surface area contributed by atoms with E-state index in [2.05, 4.69) is 5.32 Å². The number of nitrogens with one attached hydrogen (secondary N) is 2. The molecule has 24 heavy (non-hydrogen) atoms. The zero-order valence-corrected chi connectivity index (χ0v) is 14.7. The first-order valence-electron chi connectivity index (χ1n) is 7.58. The molecule has 0 saturated heterocycles. The van der Waals surface area contributed by atoms with Gasteiger partial charge in [-0.15, -0.1) is 0 Å². The summed E-state index contributed by atoms with van der Waals surface area (Å²) in [6, 6.07) is 10.2. The van der Waals surface area contributed by atoms with E-state index in [4.69, 9.17) is 16.3 Å². The summed E-state index contributed by atoms with van der Waals surface area (Å²) in [4.78, 5) is 13.1. The van der Waals surface area contributed by atoms with Crippen LogP contribution in [-0.2, 0) is 11.3 Å². The van der Waals surface area contributed by atoms with E-state index in [0.29, 0.717) is 17.3 Å². The molecule has 6 heteroatoms. The first kappa shape index (κ1) is 18.2. The predicted molar refractivity (Wildman–Crippen MR) is 93.2 cm³/mol. The van der Waals surface area contributed by atoms with Crippen LogP contribution in [0.25, 0.3) is 0 Å². The van der Waals surface area contributed by atoms with Crippen LogP contribution < -0.4 is 15.0 Å². The summed E-state index contributed by atoms with van der Waals surface area (Å²) in [7, 11) is 3.31. The Labute approximate surface area is 146 Å². The molecule has 2 rings (SSSR count). The quantitative estimate of drug-likeness (QED) is 0.839. The number of hydrogen-bond acceptors (Lipinski definition) is 2. The number of ether oxygens (including phenoxy) is 1. The highest BCUT2D eigenvalue weighted by molar-refractivity contribution is 6.31. The number of halogens is 2. The molecule has 0 aliphatic heterocycles. The lowest BCUT2D eigenvalue weighted by Crippen LogP contribution is -3.08. The van der Waals surface area contributed by atoms with Gasteiger partial charge in [-0.3, -0.25) is 4.79 Å². The average molecular weight is 352 g/mol. The van der Waals surface area contributed by atoms with Gasteiger partial charge in [-0.05, 0) is 42.8 Å². The van der Waals surface area contributed by atoms with E-state index in [1.165, 1.54) is 13.2 Å². The summed E-state index contributed by atoms with van der Waals surface area (Å²) in [5.41, 5.74) is 2.45. The average Bonchev–Trinajstić information content (AvgIpc) is 2.51. The summed E-state index contributed by atoms with van der Waals surface area (Å²) in [5, 5.41) is 3.43. The van der Waals surface area contributed by atoms with Crippen LogP contribution in [0.5, 0.6) is 5.75 Å². The lowest BCUT2D eigenvalue weighted by molar-refractivity contribution is -0.885. The maximum absolute atomic E-state index is 13.7. The first-order chi connectivity index (χ1) is 11.4. The number of quaternary nitrogens is 1. The van der Waals surface area contributed by atoms with E-state index in [0.717, 1.165) is 16.0 Å². The molecule has 1 atom stereocenters. The number of carbonyl (C=O) groups is 1. The van der Waals surface area contributed by atoms with Gasteiger partial charge in [0.15, 0.2) is 18.1 Å². The van der Waals surface area contributed by atoms with Crippen LogP contribution in [0.1, 0.15) is 11.1 Å². The summed E-state index contributed by atoms with van der Waals surface area (Å²) in [6.45, 7) is 2.70. The Kier molecular flexibility index (Phi) is 6.17. The molecule has 0 radical (unpaired) electrons. The molecule has 0 bridgehead atoms. The highest BCUT2D eigenvalue weighted by Crippen LogP contribution is 2.20. The van der Waals surface area contributed by atoms with Gasteiger partial charge in [-0.1, -0.05) is 17.7 Å². The van der Waals surface area contributed by atoms with Crippen LogP contribution in [-0.4, -0.2) is 26.6 Å². The normalized spacial score (nSPS) is 11.9. The molecule has 0 aliphatic rings. The summed E-state index contributed by atoms with van der Waals surface area (Å²) >= 11 is 5.95. The van der Waals surface area contributed by atoms with Crippen molar-refractivity contribution in [2.75, 3.05) is 26.0 Å². The van der Waals surface area contributed by atoms with Gasteiger partial charge < -0.3 is 15.0 Å². The Hall–Kier alpha value is -2.11. The number of carbonyl (C=O) groups excluding carboxylic acids is 1. The molecule has 1 unspecified atom stereocenters. The van der Waals surface area contributed by atoms with Gasteiger partial charge in [0.05, 0.1) is 14.2 Å². The van der Waals surface area contributed by atoms with Gasteiger partial charge in [0.2, 0.25) is 0 Å². The molecule has 2 N–H and O–H groups in total. The fourth-order valence-corrected chi connectivity index (χ4v) is 2.60. The maximum atomic E-state index is 13.7. The van der Waals surface area contributed by atoms with Gasteiger partial charge in [0.1, 0.15) is 6.54 Å². The van der Waals surface area contributed by atoms with Crippen molar-refractivity contribution in [3.05, 3.63) is 58.4 Å². The van der Waals surface area contributed by atoms with Crippen molar-refractivity contribution >= 4 is 23.2 Å². The number of rotatable bonds is 6. The Bertz CT molecular complexity index is 737. The second-order valence-electron chi connectivity index (χ2n) is 5.79. The van der Waals surface area contributed by atoms with Gasteiger partial charge in [0.25, 0.3) is 5.91 Å². The number of benzene rings is 2. The standard InChI is InChI=1S/C18H20ClFN2O2/c1-12-4-6-14(19)9-16(12)21-18(23)11-22(2)10-13-5-7-17(24-3)15(20)8-13/h4-9H,10-11H2,1-3H3,(H,21,23)/p+1. The molecule has 0 heterocycles. The van der Waals surface area contributed by atoms with Crippen molar-refractivity contribution in [1.82, 2.24) is 0 Å². The van der Waals surface area contributed by atoms with Crippen LogP contribution in [0.4, 0.5) is 10.1 Å². The van der Waals surface area contributed by atoms with E-state index >= 15 is 0 Å². The van der Waals surface area contributed by atoms with E-state index in [9.17, 15) is 9.18 Å². The minimum Gasteiger partial charge on any atom is -0.494 e. The topological polar surface area (TPSA) is 42.8 Å². The van der Waals surface area contributed by atoms with Crippen molar-refractivity contribution in [2.45, 2.75) is 13.5 Å². The highest BCUT2D eigenvalue weighted by Gasteiger charge is 2.13. The minimum absolute atomic E-state index is 0.119. The van der Waals surface area contributed by atoms with E-state index in [-0.39, 0.29) is 18.2 Å². The molecular weight excluding hydrogens is 331 g/mol. The SMILES string of the molecule is COc1ccc(C[NH+](C)CC(=O)Nc2cc(Cl)ccc2C)cc1F. The Morgan fingerprint density at radius 1 is 1.29 bits per heavy atom. The first-order valence-corrected chi connectivity index (χ1v) is 7.96. The fourth-order valence-electron chi connectivity index (χ4n) is 2.43. The van der Waals surface area contributed by atoms with Crippen molar-refractivity contribution in [1.29, 1.82) is 0 Å². The smallest absolute Gasteiger partial charge is 0.279 e. The zero-order chi connectivity index (χ0) is 17.7. The van der Waals surface area contributed by atoms with Gasteiger partial charge in [0, 0.05) is 16.3 Å². The van der Waals surface area contributed by atoms with Crippen molar-refractivity contribution in [2.24, 2.45) is 0 Å². The third kappa shape index (κ3) is 4.94. The predicted octanol–water partition coefficient (Wildman–Crippen LogP) is 2.45. The van der Waals surface area contributed by atoms with Gasteiger partial charge in [-0.25, -0.2) is 4.39 Å². The Morgan fingerprint density at radius 2 is 2.04 bits per heavy atom. The molecule has 1 amide bonds. The molecule has 0 aliphatic carbocycles. The second-order valence-corrected chi connectivity index (χ2v) is 6.22.